The number of phenols is 2. The van der Waals surface area contributed by atoms with E-state index in [0.29, 0.717) is 23.9 Å². The highest BCUT2D eigenvalue weighted by atomic mass is 33.1. The Balaban J connectivity index is 1.46. The highest BCUT2D eigenvalue weighted by Gasteiger charge is 2.44. The number of carbonyl (C=O) groups excluding carboxylic acids is 1. The fraction of sp³-hybridized carbons (Fsp3) is 0.364. The van der Waals surface area contributed by atoms with Crippen LogP contribution < -0.4 is 19.5 Å². The van der Waals surface area contributed by atoms with E-state index in [2.05, 4.69) is 23.5 Å². The first-order chi connectivity index (χ1) is 20.9. The van der Waals surface area contributed by atoms with Crippen LogP contribution in [0.2, 0.25) is 0 Å². The van der Waals surface area contributed by atoms with E-state index in [1.807, 2.05) is 19.2 Å². The largest absolute Gasteiger partial charge is 0.508 e. The van der Waals surface area contributed by atoms with Gasteiger partial charge in [0, 0.05) is 58.2 Å². The van der Waals surface area contributed by atoms with E-state index in [9.17, 15) is 15.0 Å². The maximum Gasteiger partial charge on any atom is 0.302 e. The van der Waals surface area contributed by atoms with Gasteiger partial charge in [0.15, 0.2) is 11.5 Å². The van der Waals surface area contributed by atoms with Gasteiger partial charge >= 0.3 is 5.97 Å². The molecule has 3 aromatic rings. The Kier molecular flexibility index (Phi) is 7.39. The summed E-state index contributed by atoms with van der Waals surface area (Å²) in [4.78, 5) is 12.1. The Labute approximate surface area is 258 Å². The van der Waals surface area contributed by atoms with Gasteiger partial charge in [0.25, 0.3) is 0 Å². The van der Waals surface area contributed by atoms with Crippen molar-refractivity contribution in [2.24, 2.45) is 0 Å². The molecular formula is C33H33NO7S2. The molecule has 0 radical (unpaired) electrons. The molecule has 0 saturated carbocycles. The normalized spacial score (nSPS) is 23.0. The first-order valence-corrected chi connectivity index (χ1v) is 16.8. The predicted molar refractivity (Wildman–Crippen MR) is 169 cm³/mol. The fourth-order valence-corrected chi connectivity index (χ4v) is 9.25. The van der Waals surface area contributed by atoms with Crippen molar-refractivity contribution in [1.29, 1.82) is 0 Å². The quantitative estimate of drug-likeness (QED) is 0.235. The summed E-state index contributed by atoms with van der Waals surface area (Å²) >= 11 is 0. The number of ether oxygens (including phenoxy) is 4. The molecule has 4 aliphatic rings. The van der Waals surface area contributed by atoms with Crippen LogP contribution in [0.25, 0.3) is 17.2 Å². The average molecular weight is 620 g/mol. The lowest BCUT2D eigenvalue weighted by Crippen LogP contribution is -2.28. The third-order valence-electron chi connectivity index (χ3n) is 8.78. The predicted octanol–water partition coefficient (Wildman–Crippen LogP) is 6.08. The van der Waals surface area contributed by atoms with Crippen LogP contribution in [0.15, 0.2) is 36.4 Å². The van der Waals surface area contributed by atoms with Gasteiger partial charge in [-0.05, 0) is 42.3 Å². The Bertz CT molecular complexity index is 1660. The molecule has 43 heavy (non-hydrogen) atoms. The van der Waals surface area contributed by atoms with Gasteiger partial charge in [-0.15, -0.1) is 0 Å². The summed E-state index contributed by atoms with van der Waals surface area (Å²) in [5.74, 6) is 3.14. The molecule has 3 N–H and O–H groups in total. The smallest absolute Gasteiger partial charge is 0.302 e. The number of hydrogen-bond donors (Lipinski definition) is 3. The van der Waals surface area contributed by atoms with Gasteiger partial charge in [0.1, 0.15) is 36.6 Å². The Morgan fingerprint density at radius 2 is 1.98 bits per heavy atom. The third kappa shape index (κ3) is 4.80. The number of benzene rings is 3. The third-order valence-corrected chi connectivity index (χ3v) is 11.2. The highest BCUT2D eigenvalue weighted by molar-refractivity contribution is 8.76. The lowest BCUT2D eigenvalue weighted by Gasteiger charge is -2.30. The van der Waals surface area contributed by atoms with E-state index >= 15 is 0 Å². The summed E-state index contributed by atoms with van der Waals surface area (Å²) in [6.45, 7) is 1.96. The van der Waals surface area contributed by atoms with Gasteiger partial charge in [-0.1, -0.05) is 45.9 Å². The van der Waals surface area contributed by atoms with Crippen molar-refractivity contribution >= 4 is 33.6 Å². The van der Waals surface area contributed by atoms with Gasteiger partial charge < -0.3 is 34.5 Å². The number of aromatic hydroxyl groups is 2. The summed E-state index contributed by atoms with van der Waals surface area (Å²) < 4.78 is 24.7. The molecule has 224 valence electrons. The molecule has 3 aromatic carbocycles. The molecule has 7 rings (SSSR count). The molecule has 8 nitrogen and oxygen atoms in total. The number of hydrogen-bond acceptors (Lipinski definition) is 10. The fourth-order valence-electron chi connectivity index (χ4n) is 6.84. The van der Waals surface area contributed by atoms with E-state index in [0.717, 1.165) is 62.4 Å². The zero-order valence-corrected chi connectivity index (χ0v) is 25.8. The minimum absolute atomic E-state index is 0.0177. The van der Waals surface area contributed by atoms with Crippen molar-refractivity contribution in [3.05, 3.63) is 69.8 Å². The van der Waals surface area contributed by atoms with Crippen LogP contribution in [0, 0.1) is 0 Å². The van der Waals surface area contributed by atoms with Crippen molar-refractivity contribution < 1.29 is 34.0 Å². The number of phenolic OH excluding ortho intramolecular Hbond substituents is 2. The Morgan fingerprint density at radius 1 is 1.12 bits per heavy atom. The summed E-state index contributed by atoms with van der Waals surface area (Å²) in [7, 11) is 7.04. The van der Waals surface area contributed by atoms with Crippen LogP contribution in [0.4, 0.5) is 0 Å². The standard InChI is InChI=1S/C33H33NO7S2/c1-16(35)39-13-25-22-6-7-23-28-17(9-21(36)11-27(28)38-3)8-18-14-42-43-15-19-10-26(37)31-24(5-4-20(34-2)12-40-31)30(19)33(25)41-32(22)29(18)23/h4-7,9-11,18,20,25,33-34,36-37H,8,12-15H2,1-3H3. The minimum Gasteiger partial charge on any atom is -0.508 e. The van der Waals surface area contributed by atoms with Crippen LogP contribution in [0.3, 0.4) is 0 Å². The van der Waals surface area contributed by atoms with Gasteiger partial charge in [0.05, 0.1) is 19.1 Å². The van der Waals surface area contributed by atoms with Crippen molar-refractivity contribution in [2.45, 2.75) is 43.1 Å². The second-order valence-electron chi connectivity index (χ2n) is 11.3. The molecule has 1 aliphatic carbocycles. The summed E-state index contributed by atoms with van der Waals surface area (Å²) in [5.41, 5.74) is 7.84. The molecule has 0 aromatic heterocycles. The van der Waals surface area contributed by atoms with Crippen LogP contribution in [-0.2, 0) is 21.7 Å². The molecule has 0 saturated heterocycles. The number of carbonyl (C=O) groups is 1. The topological polar surface area (TPSA) is 106 Å². The van der Waals surface area contributed by atoms with Gasteiger partial charge in [-0.2, -0.15) is 0 Å². The van der Waals surface area contributed by atoms with Crippen molar-refractivity contribution in [3.8, 4) is 39.9 Å². The van der Waals surface area contributed by atoms with Crippen molar-refractivity contribution in [1.82, 2.24) is 5.32 Å². The number of rotatable bonds is 4. The first-order valence-electron chi connectivity index (χ1n) is 14.4. The number of esters is 1. The summed E-state index contributed by atoms with van der Waals surface area (Å²) in [6.07, 6.45) is 4.32. The van der Waals surface area contributed by atoms with Crippen LogP contribution >= 0.6 is 21.6 Å². The second kappa shape index (κ2) is 11.2. The van der Waals surface area contributed by atoms with E-state index in [1.54, 1.807) is 40.8 Å². The SMILES string of the molecule is CNC1C=Cc2c(c(O)cc3c2C2Oc4c(ccc5c4C(CSSC3)Cc3cc(O)cc(OC)c3-5)C2COC(C)=O)OC1. The van der Waals surface area contributed by atoms with Gasteiger partial charge in [0.2, 0.25) is 0 Å². The van der Waals surface area contributed by atoms with Crippen molar-refractivity contribution in [2.75, 3.05) is 33.1 Å². The first kappa shape index (κ1) is 28.3. The number of methoxy groups -OCH3 is 1. The molecule has 4 atom stereocenters. The van der Waals surface area contributed by atoms with Crippen LogP contribution in [0.1, 0.15) is 58.2 Å². The zero-order valence-electron chi connectivity index (χ0n) is 24.1. The lowest BCUT2D eigenvalue weighted by atomic mass is 9.76. The maximum absolute atomic E-state index is 12.1. The van der Waals surface area contributed by atoms with E-state index < -0.39 is 6.10 Å². The van der Waals surface area contributed by atoms with E-state index in [-0.39, 0.29) is 42.0 Å². The summed E-state index contributed by atoms with van der Waals surface area (Å²) in [6, 6.07) is 9.47. The second-order valence-corrected chi connectivity index (χ2v) is 13.8. The number of nitrogens with one attached hydrogen (secondary N) is 1. The monoisotopic (exact) mass is 619 g/mol. The Hall–Kier alpha value is -3.47. The molecule has 0 fully saturated rings. The maximum atomic E-state index is 12.1. The molecule has 0 amide bonds. The molecule has 4 unspecified atom stereocenters. The van der Waals surface area contributed by atoms with Crippen LogP contribution in [0.5, 0.6) is 28.7 Å². The van der Waals surface area contributed by atoms with E-state index in [1.165, 1.54) is 6.92 Å². The number of fused-ring (bicyclic) bond motifs is 7. The summed E-state index contributed by atoms with van der Waals surface area (Å²) in [5, 5.41) is 24.8. The molecule has 2 bridgehead atoms. The molecule has 0 spiro atoms. The molecular weight excluding hydrogens is 586 g/mol. The minimum atomic E-state index is -0.475. The number of likely N-dealkylation sites (N-methyl/N-ethyl adjacent to an activating group) is 1. The highest BCUT2D eigenvalue weighted by Crippen LogP contribution is 2.59. The van der Waals surface area contributed by atoms with Gasteiger partial charge in [-0.25, -0.2) is 0 Å². The lowest BCUT2D eigenvalue weighted by molar-refractivity contribution is -0.141. The van der Waals surface area contributed by atoms with Gasteiger partial charge in [-0.3, -0.25) is 4.79 Å². The zero-order chi connectivity index (χ0) is 29.8. The molecule has 3 aliphatic heterocycles. The average Bonchev–Trinajstić information content (AvgIpc) is 3.19. The van der Waals surface area contributed by atoms with Crippen LogP contribution in [-0.4, -0.2) is 55.3 Å². The van der Waals surface area contributed by atoms with Crippen molar-refractivity contribution in [3.63, 3.8) is 0 Å². The molecule has 10 heteroatoms. The molecule has 3 heterocycles. The van der Waals surface area contributed by atoms with E-state index in [4.69, 9.17) is 18.9 Å². The Morgan fingerprint density at radius 3 is 2.77 bits per heavy atom.